The zero-order chi connectivity index (χ0) is 13.1. The highest BCUT2D eigenvalue weighted by atomic mass is 16.5. The maximum absolute atomic E-state index is 12.0. The van der Waals surface area contributed by atoms with Gasteiger partial charge in [-0.15, -0.1) is 0 Å². The minimum Gasteiger partial charge on any atom is -0.381 e. The highest BCUT2D eigenvalue weighted by Crippen LogP contribution is 2.32. The average Bonchev–Trinajstić information content (AvgIpc) is 2.77. The lowest BCUT2D eigenvalue weighted by atomic mass is 9.89. The van der Waals surface area contributed by atoms with Crippen LogP contribution < -0.4 is 10.6 Å². The van der Waals surface area contributed by atoms with Gasteiger partial charge in [-0.3, -0.25) is 4.79 Å². The van der Waals surface area contributed by atoms with E-state index in [1.54, 1.807) is 0 Å². The second-order valence-corrected chi connectivity index (χ2v) is 6.57. The van der Waals surface area contributed by atoms with Gasteiger partial charge in [0.1, 0.15) is 0 Å². The van der Waals surface area contributed by atoms with Crippen LogP contribution in [-0.4, -0.2) is 37.7 Å². The van der Waals surface area contributed by atoms with Gasteiger partial charge in [-0.25, -0.2) is 0 Å². The van der Waals surface area contributed by atoms with E-state index in [1.807, 2.05) is 0 Å². The Hall–Kier alpha value is -0.610. The molecule has 3 heterocycles. The third-order valence-corrected chi connectivity index (χ3v) is 4.89. The first kappa shape index (κ1) is 13.4. The van der Waals surface area contributed by atoms with Gasteiger partial charge in [0.05, 0.1) is 6.61 Å². The fourth-order valence-electron chi connectivity index (χ4n) is 3.90. The third kappa shape index (κ3) is 3.69. The first-order chi connectivity index (χ1) is 9.29. The molecule has 3 aliphatic rings. The molecule has 3 fully saturated rings. The Morgan fingerprint density at radius 1 is 1.16 bits per heavy atom. The summed E-state index contributed by atoms with van der Waals surface area (Å²) < 4.78 is 5.44. The van der Waals surface area contributed by atoms with Gasteiger partial charge in [-0.2, -0.15) is 0 Å². The first-order valence-electron chi connectivity index (χ1n) is 7.90. The van der Waals surface area contributed by atoms with E-state index < -0.39 is 0 Å². The molecule has 3 atom stereocenters. The van der Waals surface area contributed by atoms with Crippen LogP contribution >= 0.6 is 0 Å². The minimum absolute atomic E-state index is 0.247. The third-order valence-electron chi connectivity index (χ3n) is 4.89. The number of carbonyl (C=O) groups is 1. The van der Waals surface area contributed by atoms with E-state index in [0.29, 0.717) is 23.9 Å². The van der Waals surface area contributed by atoms with Crippen molar-refractivity contribution in [1.29, 1.82) is 0 Å². The monoisotopic (exact) mass is 266 g/mol. The molecule has 2 N–H and O–H groups in total. The lowest BCUT2D eigenvalue weighted by Crippen LogP contribution is -2.40. The number of ether oxygens (including phenoxy) is 1. The molecule has 3 rings (SSSR count). The SMILES string of the molecule is O=C(CC1CC2CCC(C1)N2)NCC1CCCOC1. The van der Waals surface area contributed by atoms with E-state index >= 15 is 0 Å². The zero-order valence-corrected chi connectivity index (χ0v) is 11.7. The topological polar surface area (TPSA) is 50.4 Å². The summed E-state index contributed by atoms with van der Waals surface area (Å²) in [4.78, 5) is 12.0. The van der Waals surface area contributed by atoms with E-state index in [9.17, 15) is 4.79 Å². The van der Waals surface area contributed by atoms with Crippen LogP contribution in [0.25, 0.3) is 0 Å². The molecule has 2 bridgehead atoms. The van der Waals surface area contributed by atoms with E-state index in [1.165, 1.54) is 32.1 Å². The van der Waals surface area contributed by atoms with Crippen molar-refractivity contribution in [2.75, 3.05) is 19.8 Å². The number of rotatable bonds is 4. The Morgan fingerprint density at radius 3 is 2.63 bits per heavy atom. The Bertz CT molecular complexity index is 303. The average molecular weight is 266 g/mol. The maximum Gasteiger partial charge on any atom is 0.220 e. The minimum atomic E-state index is 0.247. The summed E-state index contributed by atoms with van der Waals surface area (Å²) in [6, 6.07) is 1.37. The predicted octanol–water partition coefficient (Wildman–Crippen LogP) is 1.45. The molecule has 0 saturated carbocycles. The summed E-state index contributed by atoms with van der Waals surface area (Å²) >= 11 is 0. The molecule has 3 unspecified atom stereocenters. The van der Waals surface area contributed by atoms with Crippen molar-refractivity contribution >= 4 is 5.91 Å². The van der Waals surface area contributed by atoms with Crippen molar-refractivity contribution in [3.63, 3.8) is 0 Å². The highest BCUT2D eigenvalue weighted by molar-refractivity contribution is 5.76. The van der Waals surface area contributed by atoms with Crippen molar-refractivity contribution in [3.8, 4) is 0 Å². The second kappa shape index (κ2) is 6.23. The number of piperidine rings is 1. The van der Waals surface area contributed by atoms with E-state index in [2.05, 4.69) is 10.6 Å². The maximum atomic E-state index is 12.0. The molecular weight excluding hydrogens is 240 g/mol. The van der Waals surface area contributed by atoms with Gasteiger partial charge in [0.15, 0.2) is 0 Å². The zero-order valence-electron chi connectivity index (χ0n) is 11.7. The summed E-state index contributed by atoms with van der Waals surface area (Å²) in [7, 11) is 0. The summed E-state index contributed by atoms with van der Waals surface area (Å²) in [5.41, 5.74) is 0. The first-order valence-corrected chi connectivity index (χ1v) is 7.90. The number of nitrogens with one attached hydrogen (secondary N) is 2. The number of amides is 1. The molecule has 3 saturated heterocycles. The van der Waals surface area contributed by atoms with Gasteiger partial charge in [0, 0.05) is 31.7 Å². The van der Waals surface area contributed by atoms with Crippen molar-refractivity contribution < 1.29 is 9.53 Å². The molecule has 19 heavy (non-hydrogen) atoms. The molecule has 0 aromatic carbocycles. The summed E-state index contributed by atoms with van der Waals surface area (Å²) in [6.07, 6.45) is 8.05. The van der Waals surface area contributed by atoms with Crippen LogP contribution in [0.2, 0.25) is 0 Å². The number of carbonyl (C=O) groups excluding carboxylic acids is 1. The van der Waals surface area contributed by atoms with Gasteiger partial charge < -0.3 is 15.4 Å². The molecule has 0 aromatic rings. The molecule has 108 valence electrons. The largest absolute Gasteiger partial charge is 0.381 e. The van der Waals surface area contributed by atoms with Crippen molar-refractivity contribution in [2.45, 2.75) is 57.0 Å². The van der Waals surface area contributed by atoms with Gasteiger partial charge >= 0.3 is 0 Å². The van der Waals surface area contributed by atoms with Crippen LogP contribution in [-0.2, 0) is 9.53 Å². The molecule has 4 heteroatoms. The van der Waals surface area contributed by atoms with Crippen LogP contribution in [0, 0.1) is 11.8 Å². The molecule has 1 amide bonds. The van der Waals surface area contributed by atoms with Crippen molar-refractivity contribution in [3.05, 3.63) is 0 Å². The Labute approximate surface area is 115 Å². The molecule has 0 aliphatic carbocycles. The second-order valence-electron chi connectivity index (χ2n) is 6.57. The lowest BCUT2D eigenvalue weighted by molar-refractivity contribution is -0.122. The smallest absolute Gasteiger partial charge is 0.220 e. The standard InChI is InChI=1S/C15H26N2O2/c18-15(16-9-11-2-1-5-19-10-11)8-12-6-13-3-4-14(7-12)17-13/h11-14,17H,1-10H2,(H,16,18). The van der Waals surface area contributed by atoms with Crippen molar-refractivity contribution in [2.24, 2.45) is 11.8 Å². The van der Waals surface area contributed by atoms with E-state index in [4.69, 9.17) is 4.74 Å². The van der Waals surface area contributed by atoms with Gasteiger partial charge in [0.2, 0.25) is 5.91 Å². The molecule has 4 nitrogen and oxygen atoms in total. The number of hydrogen-bond donors (Lipinski definition) is 2. The normalized spacial score (nSPS) is 38.1. The Balaban J connectivity index is 1.36. The van der Waals surface area contributed by atoms with Crippen LogP contribution in [0.4, 0.5) is 0 Å². The summed E-state index contributed by atoms with van der Waals surface area (Å²) in [6.45, 7) is 2.51. The van der Waals surface area contributed by atoms with E-state index in [-0.39, 0.29) is 5.91 Å². The molecule has 0 radical (unpaired) electrons. The molecule has 0 spiro atoms. The molecular formula is C15H26N2O2. The van der Waals surface area contributed by atoms with Crippen LogP contribution in [0.1, 0.15) is 44.9 Å². The lowest BCUT2D eigenvalue weighted by Gasteiger charge is -2.29. The van der Waals surface area contributed by atoms with Crippen molar-refractivity contribution in [1.82, 2.24) is 10.6 Å². The Morgan fingerprint density at radius 2 is 1.95 bits per heavy atom. The summed E-state index contributed by atoms with van der Waals surface area (Å²) in [5.74, 6) is 1.38. The number of fused-ring (bicyclic) bond motifs is 2. The van der Waals surface area contributed by atoms with Crippen LogP contribution in [0.3, 0.4) is 0 Å². The number of hydrogen-bond acceptors (Lipinski definition) is 3. The highest BCUT2D eigenvalue weighted by Gasteiger charge is 2.34. The summed E-state index contributed by atoms with van der Waals surface area (Å²) in [5, 5.41) is 6.74. The van der Waals surface area contributed by atoms with Gasteiger partial charge in [-0.05, 0) is 50.4 Å². The fourth-order valence-corrected chi connectivity index (χ4v) is 3.90. The van der Waals surface area contributed by atoms with Crippen LogP contribution in [0.15, 0.2) is 0 Å². The Kier molecular flexibility index (Phi) is 4.38. The molecule has 0 aromatic heterocycles. The van der Waals surface area contributed by atoms with E-state index in [0.717, 1.165) is 32.6 Å². The van der Waals surface area contributed by atoms with Gasteiger partial charge in [-0.1, -0.05) is 0 Å². The quantitative estimate of drug-likeness (QED) is 0.810. The van der Waals surface area contributed by atoms with Crippen LogP contribution in [0.5, 0.6) is 0 Å². The fraction of sp³-hybridized carbons (Fsp3) is 0.933. The van der Waals surface area contributed by atoms with Gasteiger partial charge in [0.25, 0.3) is 0 Å². The molecule has 3 aliphatic heterocycles. The predicted molar refractivity (Wildman–Crippen MR) is 73.8 cm³/mol.